The molecule has 0 aromatic carbocycles. The normalized spacial score (nSPS) is 18.9. The molecule has 1 aliphatic heterocycles. The molecule has 1 rings (SSSR count). The first-order valence-corrected chi connectivity index (χ1v) is 4.52. The molecule has 1 heterocycles. The summed E-state index contributed by atoms with van der Waals surface area (Å²) in [7, 11) is 0. The van der Waals surface area contributed by atoms with Crippen LogP contribution >= 0.6 is 0 Å². The van der Waals surface area contributed by atoms with Gasteiger partial charge in [-0.25, -0.2) is 4.79 Å². The Morgan fingerprint density at radius 1 is 1.46 bits per heavy atom. The molecule has 3 heteroatoms. The summed E-state index contributed by atoms with van der Waals surface area (Å²) in [6.45, 7) is 6.36. The van der Waals surface area contributed by atoms with Gasteiger partial charge in [0.25, 0.3) is 0 Å². The molecule has 1 N–H and O–H groups in total. The number of carboxylic acid groups (broad SMARTS) is 1. The van der Waals surface area contributed by atoms with Gasteiger partial charge >= 0.3 is 5.97 Å². The summed E-state index contributed by atoms with van der Waals surface area (Å²) in [5.74, 6) is -0.894. The minimum absolute atomic E-state index is 0.298. The molecule has 72 valence electrons. The predicted molar refractivity (Wildman–Crippen MR) is 51.6 cm³/mol. The van der Waals surface area contributed by atoms with E-state index in [1.807, 2.05) is 0 Å². The van der Waals surface area contributed by atoms with E-state index in [4.69, 9.17) is 5.11 Å². The number of hydrogen-bond acceptors (Lipinski definition) is 2. The summed E-state index contributed by atoms with van der Waals surface area (Å²) in [6, 6.07) is 0. The van der Waals surface area contributed by atoms with Gasteiger partial charge in [-0.1, -0.05) is 18.7 Å². The van der Waals surface area contributed by atoms with Crippen molar-refractivity contribution in [2.45, 2.75) is 12.8 Å². The summed E-state index contributed by atoms with van der Waals surface area (Å²) < 4.78 is 0. The molecular formula is C10H15NO2. The van der Waals surface area contributed by atoms with E-state index in [0.29, 0.717) is 5.57 Å². The highest BCUT2D eigenvalue weighted by Gasteiger charge is 2.10. The van der Waals surface area contributed by atoms with E-state index < -0.39 is 5.97 Å². The quantitative estimate of drug-likeness (QED) is 0.524. The Hall–Kier alpha value is -1.09. The molecule has 1 saturated heterocycles. The maximum absolute atomic E-state index is 10.6. The molecule has 3 nitrogen and oxygen atoms in total. The molecular weight excluding hydrogens is 166 g/mol. The highest BCUT2D eigenvalue weighted by Crippen LogP contribution is 2.07. The Bertz CT molecular complexity index is 227. The first-order chi connectivity index (χ1) is 6.24. The minimum atomic E-state index is -0.894. The molecule has 0 aromatic rings. The lowest BCUT2D eigenvalue weighted by molar-refractivity contribution is -0.132. The van der Waals surface area contributed by atoms with Gasteiger partial charge in [0.2, 0.25) is 0 Å². The third-order valence-corrected chi connectivity index (χ3v) is 2.23. The largest absolute Gasteiger partial charge is 0.478 e. The van der Waals surface area contributed by atoms with Crippen LogP contribution in [0.15, 0.2) is 24.3 Å². The van der Waals surface area contributed by atoms with Gasteiger partial charge in [0, 0.05) is 6.54 Å². The van der Waals surface area contributed by atoms with E-state index >= 15 is 0 Å². The summed E-state index contributed by atoms with van der Waals surface area (Å²) in [5.41, 5.74) is 0.298. The van der Waals surface area contributed by atoms with E-state index in [9.17, 15) is 4.79 Å². The van der Waals surface area contributed by atoms with Gasteiger partial charge < -0.3 is 5.11 Å². The van der Waals surface area contributed by atoms with Crippen LogP contribution in [-0.2, 0) is 4.79 Å². The lowest BCUT2D eigenvalue weighted by Crippen LogP contribution is -2.19. The molecule has 1 aliphatic rings. The van der Waals surface area contributed by atoms with Crippen molar-refractivity contribution in [1.29, 1.82) is 0 Å². The van der Waals surface area contributed by atoms with E-state index in [-0.39, 0.29) is 0 Å². The second-order valence-corrected chi connectivity index (χ2v) is 3.18. The second-order valence-electron chi connectivity index (χ2n) is 3.18. The number of rotatable bonds is 4. The maximum atomic E-state index is 10.6. The first kappa shape index (κ1) is 9.99. The van der Waals surface area contributed by atoms with Crippen LogP contribution in [-0.4, -0.2) is 35.6 Å². The molecule has 0 unspecified atom stereocenters. The number of aliphatic carboxylic acids is 1. The number of likely N-dealkylation sites (tertiary alicyclic amines) is 1. The zero-order valence-electron chi connectivity index (χ0n) is 7.70. The lowest BCUT2D eigenvalue weighted by atomic mass is 10.2. The fourth-order valence-corrected chi connectivity index (χ4v) is 1.45. The highest BCUT2D eigenvalue weighted by molar-refractivity contribution is 5.89. The molecule has 0 atom stereocenters. The molecule has 0 saturated carbocycles. The van der Waals surface area contributed by atoms with E-state index in [1.54, 1.807) is 6.08 Å². The van der Waals surface area contributed by atoms with Crippen molar-refractivity contribution in [3.05, 3.63) is 24.3 Å². The molecule has 0 aromatic heterocycles. The monoisotopic (exact) mass is 181 g/mol. The molecule has 0 bridgehead atoms. The smallest absolute Gasteiger partial charge is 0.335 e. The van der Waals surface area contributed by atoms with E-state index in [0.717, 1.165) is 19.6 Å². The Balaban J connectivity index is 2.43. The molecule has 0 aliphatic carbocycles. The number of hydrogen-bond donors (Lipinski definition) is 1. The van der Waals surface area contributed by atoms with Crippen molar-refractivity contribution in [3.63, 3.8) is 0 Å². The van der Waals surface area contributed by atoms with Crippen molar-refractivity contribution in [2.24, 2.45) is 0 Å². The summed E-state index contributed by atoms with van der Waals surface area (Å²) in [5, 5.41) is 8.69. The van der Waals surface area contributed by atoms with Crippen molar-refractivity contribution in [3.8, 4) is 0 Å². The SMILES string of the molecule is C=CC(=CCN1CCCC1)C(=O)O. The Kier molecular flexibility index (Phi) is 3.71. The molecule has 0 spiro atoms. The van der Waals surface area contributed by atoms with Crippen molar-refractivity contribution in [1.82, 2.24) is 4.90 Å². The Labute approximate surface area is 78.4 Å². The van der Waals surface area contributed by atoms with Crippen molar-refractivity contribution >= 4 is 5.97 Å². The zero-order chi connectivity index (χ0) is 9.68. The van der Waals surface area contributed by atoms with Crippen molar-refractivity contribution < 1.29 is 9.90 Å². The van der Waals surface area contributed by atoms with Gasteiger partial charge in [0.1, 0.15) is 0 Å². The van der Waals surface area contributed by atoms with Crippen LogP contribution in [0, 0.1) is 0 Å². The average molecular weight is 181 g/mol. The van der Waals surface area contributed by atoms with Crippen LogP contribution < -0.4 is 0 Å². The van der Waals surface area contributed by atoms with Crippen LogP contribution in [0.25, 0.3) is 0 Å². The van der Waals surface area contributed by atoms with E-state index in [2.05, 4.69) is 11.5 Å². The Morgan fingerprint density at radius 3 is 2.54 bits per heavy atom. The molecule has 0 amide bonds. The van der Waals surface area contributed by atoms with Crippen LogP contribution in [0.1, 0.15) is 12.8 Å². The predicted octanol–water partition coefficient (Wildman–Crippen LogP) is 1.28. The minimum Gasteiger partial charge on any atom is -0.478 e. The molecule has 1 fully saturated rings. The van der Waals surface area contributed by atoms with Gasteiger partial charge in [-0.15, -0.1) is 0 Å². The van der Waals surface area contributed by atoms with E-state index in [1.165, 1.54) is 18.9 Å². The van der Waals surface area contributed by atoms with Gasteiger partial charge in [-0.05, 0) is 25.9 Å². The lowest BCUT2D eigenvalue weighted by Gasteiger charge is -2.10. The fourth-order valence-electron chi connectivity index (χ4n) is 1.45. The van der Waals surface area contributed by atoms with Crippen LogP contribution in [0.4, 0.5) is 0 Å². The maximum Gasteiger partial charge on any atom is 0.335 e. The molecule has 0 radical (unpaired) electrons. The number of carboxylic acids is 1. The zero-order valence-corrected chi connectivity index (χ0v) is 7.70. The standard InChI is InChI=1S/C10H15NO2/c1-2-9(10(12)13)5-8-11-6-3-4-7-11/h2,5H,1,3-4,6-8H2,(H,12,13). The topological polar surface area (TPSA) is 40.5 Å². The summed E-state index contributed by atoms with van der Waals surface area (Å²) in [6.07, 6.45) is 5.56. The van der Waals surface area contributed by atoms with Gasteiger partial charge in [0.15, 0.2) is 0 Å². The number of nitrogens with zero attached hydrogens (tertiary/aromatic N) is 1. The van der Waals surface area contributed by atoms with Gasteiger partial charge in [-0.3, -0.25) is 4.90 Å². The Morgan fingerprint density at radius 2 is 2.08 bits per heavy atom. The van der Waals surface area contributed by atoms with Crippen LogP contribution in [0.2, 0.25) is 0 Å². The third kappa shape index (κ3) is 3.03. The second kappa shape index (κ2) is 4.82. The third-order valence-electron chi connectivity index (χ3n) is 2.23. The fraction of sp³-hybridized carbons (Fsp3) is 0.500. The average Bonchev–Trinajstić information content (AvgIpc) is 2.57. The van der Waals surface area contributed by atoms with Crippen LogP contribution in [0.3, 0.4) is 0 Å². The van der Waals surface area contributed by atoms with Gasteiger partial charge in [-0.2, -0.15) is 0 Å². The van der Waals surface area contributed by atoms with Crippen LogP contribution in [0.5, 0.6) is 0 Å². The molecule has 13 heavy (non-hydrogen) atoms. The number of carbonyl (C=O) groups is 1. The van der Waals surface area contributed by atoms with Gasteiger partial charge in [0.05, 0.1) is 5.57 Å². The summed E-state index contributed by atoms with van der Waals surface area (Å²) in [4.78, 5) is 12.8. The first-order valence-electron chi connectivity index (χ1n) is 4.52. The highest BCUT2D eigenvalue weighted by atomic mass is 16.4. The van der Waals surface area contributed by atoms with Crippen molar-refractivity contribution in [2.75, 3.05) is 19.6 Å². The summed E-state index contributed by atoms with van der Waals surface area (Å²) >= 11 is 0.